The number of amides is 1. The van der Waals surface area contributed by atoms with Crippen LogP contribution >= 0.6 is 0 Å². The topological polar surface area (TPSA) is 122 Å². The van der Waals surface area contributed by atoms with Crippen molar-refractivity contribution in [3.05, 3.63) is 35.9 Å². The van der Waals surface area contributed by atoms with Crippen molar-refractivity contribution in [1.82, 2.24) is 20.3 Å². The van der Waals surface area contributed by atoms with Gasteiger partial charge in [-0.3, -0.25) is 4.79 Å². The number of hydrogen-bond donors (Lipinski definition) is 4. The molecule has 2 fully saturated rings. The molecule has 1 aromatic carbocycles. The number of carbonyl (C=O) groups excluding carboxylic acids is 1. The second kappa shape index (κ2) is 16.9. The van der Waals surface area contributed by atoms with E-state index in [2.05, 4.69) is 31.2 Å². The number of benzene rings is 1. The molecule has 1 amide bonds. The van der Waals surface area contributed by atoms with Crippen molar-refractivity contribution in [1.29, 1.82) is 0 Å². The highest BCUT2D eigenvalue weighted by Gasteiger charge is 2.18. The summed E-state index contributed by atoms with van der Waals surface area (Å²) in [4.78, 5) is 26.0. The van der Waals surface area contributed by atoms with Gasteiger partial charge in [-0.1, -0.05) is 63.1 Å². The van der Waals surface area contributed by atoms with Gasteiger partial charge in [0.15, 0.2) is 0 Å². The minimum absolute atomic E-state index is 0.0930. The average Bonchev–Trinajstić information content (AvgIpc) is 3.23. The van der Waals surface area contributed by atoms with Gasteiger partial charge >= 0.3 is 0 Å². The van der Waals surface area contributed by atoms with Gasteiger partial charge in [0.1, 0.15) is 0 Å². The highest BCUT2D eigenvalue weighted by atomic mass is 16.5. The summed E-state index contributed by atoms with van der Waals surface area (Å²) < 4.78 is 11.3. The van der Waals surface area contributed by atoms with Gasteiger partial charge in [-0.2, -0.15) is 15.0 Å². The van der Waals surface area contributed by atoms with Crippen LogP contribution in [0.15, 0.2) is 30.3 Å². The molecule has 0 bridgehead atoms. The molecule has 2 aromatic rings. The van der Waals surface area contributed by atoms with Gasteiger partial charge in [0.2, 0.25) is 17.8 Å². The normalized spacial score (nSPS) is 16.8. The summed E-state index contributed by atoms with van der Waals surface area (Å²) in [6, 6.07) is 10.0. The fourth-order valence-corrected chi connectivity index (χ4v) is 5.11. The van der Waals surface area contributed by atoms with Gasteiger partial charge in [0.25, 0.3) is 5.91 Å². The Bertz CT molecular complexity index is 965. The molecule has 0 unspecified atom stereocenters. The maximum Gasteiger partial charge on any atom is 0.251 e. The van der Waals surface area contributed by atoms with Crippen LogP contribution in [0.3, 0.4) is 0 Å². The summed E-state index contributed by atoms with van der Waals surface area (Å²) in [6.07, 6.45) is 13.6. The molecule has 0 atom stereocenters. The second-order valence-corrected chi connectivity index (χ2v) is 10.4. The number of nitrogens with zero attached hydrogens (tertiary/aromatic N) is 3. The zero-order valence-electron chi connectivity index (χ0n) is 23.1. The molecule has 214 valence electrons. The predicted molar refractivity (Wildman–Crippen MR) is 154 cm³/mol. The van der Waals surface area contributed by atoms with E-state index >= 15 is 0 Å². The van der Waals surface area contributed by atoms with Gasteiger partial charge in [-0.15, -0.1) is 0 Å². The Morgan fingerprint density at radius 1 is 0.667 bits per heavy atom. The standard InChI is InChI=1S/C29H45N7O3/c37-26(23-11-5-3-6-12-23)30-17-19-38-21-22-39-20-18-31-27-34-28(32-24-13-7-1-2-8-14-24)36-29(35-27)33-25-15-9-4-10-16-25/h3,5-6,11-12,24-25H,1-2,4,7-10,13-22H2,(H,30,37)(H3,31,32,33,34,35,36). The Hall–Kier alpha value is -2.98. The molecule has 0 aliphatic heterocycles. The van der Waals surface area contributed by atoms with E-state index in [1.807, 2.05) is 18.2 Å². The third kappa shape index (κ3) is 11.0. The third-order valence-corrected chi connectivity index (χ3v) is 7.23. The van der Waals surface area contributed by atoms with E-state index in [0.717, 1.165) is 25.7 Å². The molecule has 10 nitrogen and oxygen atoms in total. The minimum atomic E-state index is -0.0930. The summed E-state index contributed by atoms with van der Waals surface area (Å²) >= 11 is 0. The number of hydrogen-bond acceptors (Lipinski definition) is 9. The van der Waals surface area contributed by atoms with E-state index in [0.29, 0.717) is 75.0 Å². The SMILES string of the molecule is O=C(NCCOCCOCCNc1nc(NC2CCCCCC2)nc(NC2CCCCC2)n1)c1ccccc1. The molecule has 4 N–H and O–H groups in total. The second-order valence-electron chi connectivity index (χ2n) is 10.4. The van der Waals surface area contributed by atoms with Crippen LogP contribution in [0, 0.1) is 0 Å². The molecule has 2 saturated carbocycles. The van der Waals surface area contributed by atoms with Gasteiger partial charge < -0.3 is 30.7 Å². The first kappa shape index (κ1) is 29.0. The lowest BCUT2D eigenvalue weighted by Gasteiger charge is -2.23. The Morgan fingerprint density at radius 2 is 1.18 bits per heavy atom. The number of rotatable bonds is 15. The first-order valence-corrected chi connectivity index (χ1v) is 14.8. The molecule has 0 saturated heterocycles. The first-order valence-electron chi connectivity index (χ1n) is 14.8. The van der Waals surface area contributed by atoms with Crippen LogP contribution in [0.5, 0.6) is 0 Å². The third-order valence-electron chi connectivity index (χ3n) is 7.23. The molecule has 2 aliphatic rings. The van der Waals surface area contributed by atoms with Crippen LogP contribution in [0.25, 0.3) is 0 Å². The van der Waals surface area contributed by atoms with Crippen LogP contribution in [-0.4, -0.2) is 72.5 Å². The molecule has 10 heteroatoms. The summed E-state index contributed by atoms with van der Waals surface area (Å²) in [6.45, 7) is 2.95. The zero-order valence-corrected chi connectivity index (χ0v) is 23.1. The van der Waals surface area contributed by atoms with E-state index in [1.165, 1.54) is 44.9 Å². The number of anilines is 3. The lowest BCUT2D eigenvalue weighted by Crippen LogP contribution is -2.27. The first-order chi connectivity index (χ1) is 19.3. The molecule has 1 aromatic heterocycles. The maximum absolute atomic E-state index is 12.0. The fourth-order valence-electron chi connectivity index (χ4n) is 5.11. The molecule has 4 rings (SSSR count). The quantitative estimate of drug-likeness (QED) is 0.190. The van der Waals surface area contributed by atoms with Crippen LogP contribution in [0.2, 0.25) is 0 Å². The summed E-state index contributed by atoms with van der Waals surface area (Å²) in [5.74, 6) is 1.76. The fraction of sp³-hybridized carbons (Fsp3) is 0.655. The lowest BCUT2D eigenvalue weighted by atomic mass is 9.96. The van der Waals surface area contributed by atoms with Crippen molar-refractivity contribution >= 4 is 23.8 Å². The molecule has 0 spiro atoms. The van der Waals surface area contributed by atoms with Crippen molar-refractivity contribution in [3.63, 3.8) is 0 Å². The number of ether oxygens (including phenoxy) is 2. The summed E-state index contributed by atoms with van der Waals surface area (Å²) in [7, 11) is 0. The Balaban J connectivity index is 1.14. The van der Waals surface area contributed by atoms with Crippen molar-refractivity contribution < 1.29 is 14.3 Å². The van der Waals surface area contributed by atoms with Gasteiger partial charge in [-0.25, -0.2) is 0 Å². The number of carbonyl (C=O) groups is 1. The van der Waals surface area contributed by atoms with Crippen molar-refractivity contribution in [3.8, 4) is 0 Å². The Kier molecular flexibility index (Phi) is 12.5. The summed E-state index contributed by atoms with van der Waals surface area (Å²) in [5, 5.41) is 13.3. The number of nitrogens with one attached hydrogen (secondary N) is 4. The lowest BCUT2D eigenvalue weighted by molar-refractivity contribution is 0.0519. The maximum atomic E-state index is 12.0. The van der Waals surface area contributed by atoms with E-state index in [1.54, 1.807) is 12.1 Å². The van der Waals surface area contributed by atoms with Crippen molar-refractivity contribution in [2.45, 2.75) is 82.7 Å². The van der Waals surface area contributed by atoms with E-state index < -0.39 is 0 Å². The minimum Gasteiger partial charge on any atom is -0.377 e. The van der Waals surface area contributed by atoms with E-state index in [-0.39, 0.29) is 5.91 Å². The van der Waals surface area contributed by atoms with Crippen molar-refractivity contribution in [2.24, 2.45) is 0 Å². The monoisotopic (exact) mass is 539 g/mol. The molecular formula is C29H45N7O3. The predicted octanol–water partition coefficient (Wildman–Crippen LogP) is 4.63. The highest BCUT2D eigenvalue weighted by Crippen LogP contribution is 2.23. The Morgan fingerprint density at radius 3 is 1.77 bits per heavy atom. The number of aromatic nitrogens is 3. The zero-order chi connectivity index (χ0) is 27.0. The van der Waals surface area contributed by atoms with Crippen LogP contribution < -0.4 is 21.3 Å². The van der Waals surface area contributed by atoms with Crippen LogP contribution in [0.1, 0.15) is 81.0 Å². The van der Waals surface area contributed by atoms with E-state index in [4.69, 9.17) is 14.5 Å². The van der Waals surface area contributed by atoms with Gasteiger partial charge in [0, 0.05) is 30.7 Å². The Labute approximate surface area is 232 Å². The molecule has 39 heavy (non-hydrogen) atoms. The molecule has 2 aliphatic carbocycles. The van der Waals surface area contributed by atoms with Gasteiger partial charge in [0.05, 0.1) is 26.4 Å². The summed E-state index contributed by atoms with van der Waals surface area (Å²) in [5.41, 5.74) is 0.649. The molecule has 0 radical (unpaired) electrons. The van der Waals surface area contributed by atoms with Gasteiger partial charge in [-0.05, 0) is 37.8 Å². The van der Waals surface area contributed by atoms with E-state index in [9.17, 15) is 4.79 Å². The van der Waals surface area contributed by atoms with Crippen LogP contribution in [-0.2, 0) is 9.47 Å². The molecule has 1 heterocycles. The van der Waals surface area contributed by atoms with Crippen molar-refractivity contribution in [2.75, 3.05) is 55.5 Å². The molecular weight excluding hydrogens is 494 g/mol. The average molecular weight is 540 g/mol. The highest BCUT2D eigenvalue weighted by molar-refractivity contribution is 5.94. The smallest absolute Gasteiger partial charge is 0.251 e. The largest absolute Gasteiger partial charge is 0.377 e. The van der Waals surface area contributed by atoms with Crippen LogP contribution in [0.4, 0.5) is 17.8 Å².